The van der Waals surface area contributed by atoms with Gasteiger partial charge in [0.05, 0.1) is 13.2 Å². The minimum absolute atomic E-state index is 0.0860. The molecular weight excluding hydrogens is 364 g/mol. The van der Waals surface area contributed by atoms with Crippen molar-refractivity contribution in [3.8, 4) is 11.5 Å². The minimum atomic E-state index is -0.418. The molecule has 5 nitrogen and oxygen atoms in total. The number of phenolic OH excluding ortho intramolecular Hbond substituents is 1. The van der Waals surface area contributed by atoms with Gasteiger partial charge in [0.1, 0.15) is 17.2 Å². The summed E-state index contributed by atoms with van der Waals surface area (Å²) in [5.74, 6) is 0.809. The molecule has 0 aliphatic carbocycles. The number of aryl methyl sites for hydroxylation is 1. The molecule has 1 N–H and O–H groups in total. The van der Waals surface area contributed by atoms with Gasteiger partial charge < -0.3 is 14.4 Å². The van der Waals surface area contributed by atoms with Crippen molar-refractivity contribution in [2.45, 2.75) is 6.04 Å². The zero-order chi connectivity index (χ0) is 20.1. The number of hydrogen-bond acceptors (Lipinski definition) is 3. The molecule has 1 aliphatic heterocycles. The molecule has 5 rings (SSSR count). The first kappa shape index (κ1) is 17.4. The molecule has 0 saturated heterocycles. The fraction of sp³-hybridized carbons (Fsp3) is 0.125. The van der Waals surface area contributed by atoms with Crippen LogP contribution in [0.25, 0.3) is 10.9 Å². The molecule has 1 atom stereocenters. The van der Waals surface area contributed by atoms with Crippen molar-refractivity contribution in [3.63, 3.8) is 0 Å². The Hall–Kier alpha value is -3.73. The van der Waals surface area contributed by atoms with Crippen molar-refractivity contribution in [1.82, 2.24) is 4.57 Å². The van der Waals surface area contributed by atoms with E-state index in [1.165, 1.54) is 0 Å². The molecule has 0 bridgehead atoms. The van der Waals surface area contributed by atoms with E-state index in [0.717, 1.165) is 27.9 Å². The third-order valence-electron chi connectivity index (χ3n) is 5.68. The summed E-state index contributed by atoms with van der Waals surface area (Å²) in [6, 6.07) is 22.2. The summed E-state index contributed by atoms with van der Waals surface area (Å²) in [5, 5.41) is 11.7. The number of para-hydroxylation sites is 2. The molecule has 1 aromatic heterocycles. The maximum Gasteiger partial charge on any atom is 0.276 e. The highest BCUT2D eigenvalue weighted by Crippen LogP contribution is 2.47. The van der Waals surface area contributed by atoms with Crippen LogP contribution in [-0.4, -0.2) is 22.7 Å². The van der Waals surface area contributed by atoms with Crippen molar-refractivity contribution in [2.75, 3.05) is 12.0 Å². The van der Waals surface area contributed by atoms with Gasteiger partial charge in [-0.15, -0.1) is 0 Å². The van der Waals surface area contributed by atoms with Gasteiger partial charge in [0.25, 0.3) is 5.91 Å². The number of benzene rings is 3. The number of aromatic nitrogens is 1. The van der Waals surface area contributed by atoms with Gasteiger partial charge in [0.2, 0.25) is 0 Å². The zero-order valence-corrected chi connectivity index (χ0v) is 16.2. The predicted molar refractivity (Wildman–Crippen MR) is 113 cm³/mol. The van der Waals surface area contributed by atoms with Crippen LogP contribution in [0.3, 0.4) is 0 Å². The molecule has 3 aromatic carbocycles. The third-order valence-corrected chi connectivity index (χ3v) is 5.68. The van der Waals surface area contributed by atoms with Crippen LogP contribution in [0.15, 0.2) is 72.8 Å². The molecule has 0 radical (unpaired) electrons. The van der Waals surface area contributed by atoms with E-state index in [2.05, 4.69) is 0 Å². The molecule has 0 spiro atoms. The van der Waals surface area contributed by atoms with Gasteiger partial charge in [0.15, 0.2) is 0 Å². The molecule has 0 unspecified atom stereocenters. The van der Waals surface area contributed by atoms with Gasteiger partial charge in [-0.05, 0) is 36.4 Å². The lowest BCUT2D eigenvalue weighted by atomic mass is 9.97. The van der Waals surface area contributed by atoms with Crippen LogP contribution in [0.1, 0.15) is 27.7 Å². The summed E-state index contributed by atoms with van der Waals surface area (Å²) in [6.45, 7) is 0. The molecular formula is C24H20N2O3. The van der Waals surface area contributed by atoms with E-state index in [1.54, 1.807) is 24.1 Å². The number of carbonyl (C=O) groups is 1. The Balaban J connectivity index is 1.79. The molecule has 4 aromatic rings. The summed E-state index contributed by atoms with van der Waals surface area (Å²) in [5.41, 5.74) is 4.03. The van der Waals surface area contributed by atoms with E-state index in [9.17, 15) is 9.90 Å². The highest BCUT2D eigenvalue weighted by molar-refractivity contribution is 6.15. The Morgan fingerprint density at radius 1 is 0.931 bits per heavy atom. The lowest BCUT2D eigenvalue weighted by molar-refractivity contribution is 0.0986. The standard InChI is InChI=1S/C24H20N2O3/c1-25-19-9-5-3-7-17(19)21-22(18-8-4-6-10-20(18)27)26(24(28)23(21)25)15-11-13-16(29-2)14-12-15/h3-14,22,27H,1-2H3/t22-/m1/s1. The van der Waals surface area contributed by atoms with Crippen molar-refractivity contribution < 1.29 is 14.6 Å². The van der Waals surface area contributed by atoms with E-state index < -0.39 is 6.04 Å². The van der Waals surface area contributed by atoms with Crippen LogP contribution < -0.4 is 9.64 Å². The van der Waals surface area contributed by atoms with Crippen molar-refractivity contribution in [2.24, 2.45) is 7.05 Å². The molecule has 0 fully saturated rings. The zero-order valence-electron chi connectivity index (χ0n) is 16.2. The Bertz CT molecular complexity index is 1240. The van der Waals surface area contributed by atoms with Crippen LogP contribution in [0.4, 0.5) is 5.69 Å². The lowest BCUT2D eigenvalue weighted by Crippen LogP contribution is -2.29. The molecule has 1 aliphatic rings. The molecule has 29 heavy (non-hydrogen) atoms. The van der Waals surface area contributed by atoms with E-state index in [0.29, 0.717) is 11.3 Å². The Labute approximate surface area is 168 Å². The molecule has 1 amide bonds. The van der Waals surface area contributed by atoms with Gasteiger partial charge >= 0.3 is 0 Å². The summed E-state index contributed by atoms with van der Waals surface area (Å²) in [7, 11) is 3.53. The van der Waals surface area contributed by atoms with E-state index in [-0.39, 0.29) is 11.7 Å². The number of fused-ring (bicyclic) bond motifs is 3. The second-order valence-corrected chi connectivity index (χ2v) is 7.17. The van der Waals surface area contributed by atoms with Crippen molar-refractivity contribution in [3.05, 3.63) is 89.6 Å². The number of amides is 1. The number of rotatable bonds is 3. The van der Waals surface area contributed by atoms with Gasteiger partial charge in [-0.3, -0.25) is 9.69 Å². The highest BCUT2D eigenvalue weighted by Gasteiger charge is 2.43. The van der Waals surface area contributed by atoms with E-state index in [1.807, 2.05) is 72.3 Å². The van der Waals surface area contributed by atoms with Crippen LogP contribution >= 0.6 is 0 Å². The first-order chi connectivity index (χ1) is 14.1. The summed E-state index contributed by atoms with van der Waals surface area (Å²) >= 11 is 0. The largest absolute Gasteiger partial charge is 0.508 e. The second kappa shape index (κ2) is 6.41. The lowest BCUT2D eigenvalue weighted by Gasteiger charge is -2.27. The first-order valence-electron chi connectivity index (χ1n) is 9.44. The number of methoxy groups -OCH3 is 1. The average Bonchev–Trinajstić information content (AvgIpc) is 3.22. The molecule has 5 heteroatoms. The number of nitrogens with zero attached hydrogens (tertiary/aromatic N) is 2. The summed E-state index contributed by atoms with van der Waals surface area (Å²) < 4.78 is 7.21. The average molecular weight is 384 g/mol. The monoisotopic (exact) mass is 384 g/mol. The molecule has 144 valence electrons. The number of anilines is 1. The maximum atomic E-state index is 13.6. The number of aromatic hydroxyl groups is 1. The van der Waals surface area contributed by atoms with Crippen LogP contribution in [0.5, 0.6) is 11.5 Å². The summed E-state index contributed by atoms with van der Waals surface area (Å²) in [4.78, 5) is 15.4. The minimum Gasteiger partial charge on any atom is -0.508 e. The van der Waals surface area contributed by atoms with Crippen LogP contribution in [-0.2, 0) is 7.05 Å². The fourth-order valence-electron chi connectivity index (χ4n) is 4.34. The number of hydrogen-bond donors (Lipinski definition) is 1. The normalized spacial score (nSPS) is 15.7. The van der Waals surface area contributed by atoms with Gasteiger partial charge in [-0.25, -0.2) is 0 Å². The highest BCUT2D eigenvalue weighted by atomic mass is 16.5. The van der Waals surface area contributed by atoms with Crippen LogP contribution in [0, 0.1) is 0 Å². The Morgan fingerprint density at radius 2 is 1.62 bits per heavy atom. The SMILES string of the molecule is COc1ccc(N2C(=O)c3c(c4ccccc4n3C)[C@H]2c2ccccc2O)cc1. The smallest absolute Gasteiger partial charge is 0.276 e. The Morgan fingerprint density at radius 3 is 2.34 bits per heavy atom. The van der Waals surface area contributed by atoms with Gasteiger partial charge in [0, 0.05) is 34.8 Å². The number of ether oxygens (including phenoxy) is 1. The quantitative estimate of drug-likeness (QED) is 0.560. The van der Waals surface area contributed by atoms with Crippen molar-refractivity contribution in [1.29, 1.82) is 0 Å². The van der Waals surface area contributed by atoms with Gasteiger partial charge in [-0.1, -0.05) is 36.4 Å². The summed E-state index contributed by atoms with van der Waals surface area (Å²) in [6.07, 6.45) is 0. The maximum absolute atomic E-state index is 13.6. The van der Waals surface area contributed by atoms with E-state index in [4.69, 9.17) is 4.74 Å². The fourth-order valence-corrected chi connectivity index (χ4v) is 4.34. The topological polar surface area (TPSA) is 54.7 Å². The first-order valence-corrected chi connectivity index (χ1v) is 9.44. The van der Waals surface area contributed by atoms with E-state index >= 15 is 0 Å². The third kappa shape index (κ3) is 2.44. The number of carbonyl (C=O) groups excluding carboxylic acids is 1. The molecule has 2 heterocycles. The van der Waals surface area contributed by atoms with Gasteiger partial charge in [-0.2, -0.15) is 0 Å². The van der Waals surface area contributed by atoms with Crippen molar-refractivity contribution >= 4 is 22.5 Å². The predicted octanol–water partition coefficient (Wildman–Crippen LogP) is 4.64. The number of phenols is 1. The Kier molecular flexibility index (Phi) is 3.84. The second-order valence-electron chi connectivity index (χ2n) is 7.17. The van der Waals surface area contributed by atoms with Crippen LogP contribution in [0.2, 0.25) is 0 Å². The molecule has 0 saturated carbocycles.